The van der Waals surface area contributed by atoms with Gasteiger partial charge in [0.1, 0.15) is 11.5 Å². The zero-order chi connectivity index (χ0) is 23.8. The molecule has 1 atom stereocenters. The molecule has 3 rings (SSSR count). The zero-order valence-corrected chi connectivity index (χ0v) is 19.6. The minimum absolute atomic E-state index is 0.320. The van der Waals surface area contributed by atoms with Crippen molar-refractivity contribution in [2.24, 2.45) is 5.10 Å². The third-order valence-corrected chi connectivity index (χ3v) is 5.12. The van der Waals surface area contributed by atoms with Gasteiger partial charge in [0, 0.05) is 5.02 Å². The van der Waals surface area contributed by atoms with E-state index in [1.54, 1.807) is 54.6 Å². The molecule has 170 valence electrons. The first-order chi connectivity index (χ1) is 15.9. The summed E-state index contributed by atoms with van der Waals surface area (Å²) in [4.78, 5) is 24.6. The molecule has 0 bridgehead atoms. The lowest BCUT2D eigenvalue weighted by molar-refractivity contribution is -0.128. The van der Waals surface area contributed by atoms with Crippen LogP contribution in [-0.4, -0.2) is 24.2 Å². The lowest BCUT2D eigenvalue weighted by atomic mass is 10.1. The molecule has 0 aromatic heterocycles. The van der Waals surface area contributed by atoms with Gasteiger partial charge >= 0.3 is 5.97 Å². The second kappa shape index (κ2) is 11.5. The Morgan fingerprint density at radius 1 is 1.03 bits per heavy atom. The second-order valence-electron chi connectivity index (χ2n) is 7.15. The summed E-state index contributed by atoms with van der Waals surface area (Å²) in [7, 11) is 0. The van der Waals surface area contributed by atoms with Crippen LogP contribution < -0.4 is 14.9 Å². The van der Waals surface area contributed by atoms with E-state index in [2.05, 4.69) is 10.5 Å². The van der Waals surface area contributed by atoms with Gasteiger partial charge in [-0.3, -0.25) is 4.79 Å². The van der Waals surface area contributed by atoms with E-state index in [0.29, 0.717) is 39.1 Å². The van der Waals surface area contributed by atoms with Crippen LogP contribution in [0, 0.1) is 6.92 Å². The van der Waals surface area contributed by atoms with Crippen LogP contribution in [0.3, 0.4) is 0 Å². The number of aryl methyl sites for hydroxylation is 1. The van der Waals surface area contributed by atoms with Gasteiger partial charge in [-0.15, -0.1) is 0 Å². The Labute approximate surface area is 202 Å². The first kappa shape index (κ1) is 24.3. The van der Waals surface area contributed by atoms with Crippen LogP contribution in [0.25, 0.3) is 0 Å². The largest absolute Gasteiger partial charge is 0.479 e. The second-order valence-corrected chi connectivity index (χ2v) is 7.99. The third kappa shape index (κ3) is 7.07. The number of esters is 1. The molecule has 0 aliphatic heterocycles. The number of hydrogen-bond acceptors (Lipinski definition) is 5. The molecule has 0 radical (unpaired) electrons. The molecule has 0 fully saturated rings. The van der Waals surface area contributed by atoms with Crippen molar-refractivity contribution in [1.82, 2.24) is 5.43 Å². The Morgan fingerprint density at radius 2 is 1.73 bits per heavy atom. The van der Waals surface area contributed by atoms with E-state index >= 15 is 0 Å². The van der Waals surface area contributed by atoms with Crippen LogP contribution in [0.2, 0.25) is 10.0 Å². The quantitative estimate of drug-likeness (QED) is 0.189. The van der Waals surface area contributed by atoms with Crippen LogP contribution >= 0.6 is 23.2 Å². The van der Waals surface area contributed by atoms with Crippen molar-refractivity contribution in [2.75, 3.05) is 0 Å². The van der Waals surface area contributed by atoms with E-state index in [4.69, 9.17) is 32.7 Å². The van der Waals surface area contributed by atoms with Gasteiger partial charge in [0.2, 0.25) is 0 Å². The fraction of sp³-hybridized carbons (Fsp3) is 0.160. The van der Waals surface area contributed by atoms with Gasteiger partial charge in [-0.2, -0.15) is 5.10 Å². The smallest absolute Gasteiger partial charge is 0.343 e. The molecular weight excluding hydrogens is 463 g/mol. The van der Waals surface area contributed by atoms with Crippen LogP contribution in [0.1, 0.15) is 34.8 Å². The van der Waals surface area contributed by atoms with Crippen LogP contribution in [0.4, 0.5) is 0 Å². The number of hydrazone groups is 1. The van der Waals surface area contributed by atoms with Gasteiger partial charge in [0.15, 0.2) is 6.10 Å². The molecular formula is C25H22Cl2N2O4. The minimum atomic E-state index is -0.774. The van der Waals surface area contributed by atoms with Crippen LogP contribution in [0.15, 0.2) is 71.8 Å². The maximum Gasteiger partial charge on any atom is 0.343 e. The minimum Gasteiger partial charge on any atom is -0.479 e. The standard InChI is InChI=1S/C25H22Cl2N2O4/c1-3-22(33-23-13-10-19(26)14-21(23)27)24(30)29-28-15-17-6-11-20(12-7-17)32-25(31)18-8-4-16(2)5-9-18/h4-15,22H,3H2,1-2H3,(H,29,30)/b28-15-/t22-/m0/s1. The Balaban J connectivity index is 1.54. The van der Waals surface area contributed by atoms with Crippen molar-refractivity contribution in [3.05, 3.63) is 93.5 Å². The number of nitrogens with zero attached hydrogens (tertiary/aromatic N) is 1. The number of halogens is 2. The molecule has 0 unspecified atom stereocenters. The van der Waals surface area contributed by atoms with Crippen molar-refractivity contribution in [2.45, 2.75) is 26.4 Å². The Bertz CT molecular complexity index is 1150. The van der Waals surface area contributed by atoms with Gasteiger partial charge < -0.3 is 9.47 Å². The van der Waals surface area contributed by atoms with Crippen LogP contribution in [-0.2, 0) is 4.79 Å². The van der Waals surface area contributed by atoms with Crippen molar-refractivity contribution in [3.8, 4) is 11.5 Å². The highest BCUT2D eigenvalue weighted by Gasteiger charge is 2.19. The van der Waals surface area contributed by atoms with Crippen molar-refractivity contribution >= 4 is 41.3 Å². The molecule has 1 N–H and O–H groups in total. The summed E-state index contributed by atoms with van der Waals surface area (Å²) in [6.07, 6.45) is 1.12. The number of benzene rings is 3. The number of carbonyl (C=O) groups excluding carboxylic acids is 2. The summed E-state index contributed by atoms with van der Waals surface area (Å²) in [5.41, 5.74) is 4.70. The SMILES string of the molecule is CC[C@H](Oc1ccc(Cl)cc1Cl)C(=O)N/N=C\c1ccc(OC(=O)c2ccc(C)cc2)cc1. The fourth-order valence-electron chi connectivity index (χ4n) is 2.77. The summed E-state index contributed by atoms with van der Waals surface area (Å²) < 4.78 is 11.1. The maximum absolute atomic E-state index is 12.4. The van der Waals surface area contributed by atoms with Gasteiger partial charge in [-0.25, -0.2) is 10.2 Å². The topological polar surface area (TPSA) is 77.0 Å². The van der Waals surface area contributed by atoms with E-state index in [0.717, 1.165) is 5.56 Å². The maximum atomic E-state index is 12.4. The van der Waals surface area contributed by atoms with E-state index in [1.165, 1.54) is 6.21 Å². The third-order valence-electron chi connectivity index (χ3n) is 4.59. The van der Waals surface area contributed by atoms with Gasteiger partial charge in [0.05, 0.1) is 16.8 Å². The monoisotopic (exact) mass is 484 g/mol. The first-order valence-electron chi connectivity index (χ1n) is 10.2. The summed E-state index contributed by atoms with van der Waals surface area (Å²) in [5, 5.41) is 4.77. The van der Waals surface area contributed by atoms with Gasteiger partial charge in [-0.1, -0.05) is 47.8 Å². The summed E-state index contributed by atoms with van der Waals surface area (Å²) in [6.45, 7) is 3.76. The summed E-state index contributed by atoms with van der Waals surface area (Å²) in [5.74, 6) is -0.0811. The van der Waals surface area contributed by atoms with Crippen LogP contribution in [0.5, 0.6) is 11.5 Å². The van der Waals surface area contributed by atoms with Crippen molar-refractivity contribution in [3.63, 3.8) is 0 Å². The highest BCUT2D eigenvalue weighted by molar-refractivity contribution is 6.35. The highest BCUT2D eigenvalue weighted by atomic mass is 35.5. The molecule has 8 heteroatoms. The highest BCUT2D eigenvalue weighted by Crippen LogP contribution is 2.28. The number of ether oxygens (including phenoxy) is 2. The van der Waals surface area contributed by atoms with E-state index in [1.807, 2.05) is 26.0 Å². The molecule has 0 aliphatic rings. The normalized spacial score (nSPS) is 11.8. The molecule has 0 saturated carbocycles. The van der Waals surface area contributed by atoms with Crippen molar-refractivity contribution in [1.29, 1.82) is 0 Å². The number of nitrogens with one attached hydrogen (secondary N) is 1. The average molecular weight is 485 g/mol. The lowest BCUT2D eigenvalue weighted by Gasteiger charge is -2.16. The molecule has 33 heavy (non-hydrogen) atoms. The molecule has 0 spiro atoms. The Hall–Kier alpha value is -3.35. The molecule has 0 aliphatic carbocycles. The fourth-order valence-corrected chi connectivity index (χ4v) is 3.22. The Morgan fingerprint density at radius 3 is 2.36 bits per heavy atom. The number of rotatable bonds is 8. The Kier molecular flexibility index (Phi) is 8.46. The zero-order valence-electron chi connectivity index (χ0n) is 18.0. The van der Waals surface area contributed by atoms with E-state index < -0.39 is 18.0 Å². The lowest BCUT2D eigenvalue weighted by Crippen LogP contribution is -2.35. The molecule has 3 aromatic rings. The first-order valence-corrected chi connectivity index (χ1v) is 10.9. The van der Waals surface area contributed by atoms with Gasteiger partial charge in [-0.05, 0) is 73.5 Å². The number of carbonyl (C=O) groups is 2. The predicted molar refractivity (Wildman–Crippen MR) is 129 cm³/mol. The van der Waals surface area contributed by atoms with Crippen molar-refractivity contribution < 1.29 is 19.1 Å². The summed E-state index contributed by atoms with van der Waals surface area (Å²) >= 11 is 12.0. The predicted octanol–water partition coefficient (Wildman–Crippen LogP) is 5.83. The average Bonchev–Trinajstić information content (AvgIpc) is 2.80. The summed E-state index contributed by atoms with van der Waals surface area (Å²) in [6, 6.07) is 18.7. The molecule has 3 aromatic carbocycles. The van der Waals surface area contributed by atoms with E-state index in [-0.39, 0.29) is 0 Å². The van der Waals surface area contributed by atoms with E-state index in [9.17, 15) is 9.59 Å². The molecule has 0 heterocycles. The molecule has 6 nitrogen and oxygen atoms in total. The number of hydrogen-bond donors (Lipinski definition) is 1. The van der Waals surface area contributed by atoms with Gasteiger partial charge in [0.25, 0.3) is 5.91 Å². The number of amides is 1. The molecule has 0 saturated heterocycles. The molecule has 1 amide bonds.